The maximum absolute atomic E-state index is 6.21. The van der Waals surface area contributed by atoms with Crippen LogP contribution in [0.2, 0.25) is 5.15 Å². The Kier molecular flexibility index (Phi) is 5.02. The van der Waals surface area contributed by atoms with E-state index in [2.05, 4.69) is 34.8 Å². The number of hydrogen-bond acceptors (Lipinski definition) is 2. The largest absolute Gasteiger partial charge is 0.236 e. The monoisotopic (exact) mass is 330 g/mol. The van der Waals surface area contributed by atoms with Gasteiger partial charge >= 0.3 is 0 Å². The first kappa shape index (κ1) is 14.3. The van der Waals surface area contributed by atoms with Crippen LogP contribution in [0.4, 0.5) is 0 Å². The predicted octanol–water partition coefficient (Wildman–Crippen LogP) is 5.14. The highest BCUT2D eigenvalue weighted by Gasteiger charge is 2.27. The van der Waals surface area contributed by atoms with Crippen LogP contribution in [0, 0.1) is 5.92 Å². The lowest BCUT2D eigenvalue weighted by Gasteiger charge is -2.12. The second-order valence-corrected chi connectivity index (χ2v) is 6.32. The van der Waals surface area contributed by atoms with Gasteiger partial charge in [-0.2, -0.15) is 0 Å². The summed E-state index contributed by atoms with van der Waals surface area (Å²) in [6.45, 7) is 4.43. The third kappa shape index (κ3) is 3.05. The number of hydrogen-bond donors (Lipinski definition) is 0. The minimum Gasteiger partial charge on any atom is -0.236 e. The molecular formula is C14H20BrClN2. The highest BCUT2D eigenvalue weighted by Crippen LogP contribution is 2.39. The molecule has 2 unspecified atom stereocenters. The second kappa shape index (κ2) is 6.33. The van der Waals surface area contributed by atoms with Gasteiger partial charge in [-0.25, -0.2) is 9.97 Å². The van der Waals surface area contributed by atoms with Crippen LogP contribution >= 0.6 is 27.5 Å². The van der Waals surface area contributed by atoms with Crippen molar-refractivity contribution in [1.29, 1.82) is 0 Å². The first-order valence-corrected chi connectivity index (χ1v) is 8.04. The summed E-state index contributed by atoms with van der Waals surface area (Å²) < 4.78 is 0.875. The Morgan fingerprint density at radius 2 is 2.06 bits per heavy atom. The number of rotatable bonds is 4. The Balaban J connectivity index is 2.23. The zero-order valence-corrected chi connectivity index (χ0v) is 13.4. The van der Waals surface area contributed by atoms with Crippen LogP contribution in [0.3, 0.4) is 0 Å². The van der Waals surface area contributed by atoms with Crippen molar-refractivity contribution < 1.29 is 0 Å². The molecule has 0 spiro atoms. The van der Waals surface area contributed by atoms with Gasteiger partial charge in [0.2, 0.25) is 0 Å². The van der Waals surface area contributed by atoms with Crippen molar-refractivity contribution in [3.05, 3.63) is 21.1 Å². The van der Waals surface area contributed by atoms with E-state index in [9.17, 15) is 0 Å². The van der Waals surface area contributed by atoms with Gasteiger partial charge in [-0.05, 0) is 47.5 Å². The molecule has 0 aromatic carbocycles. The quantitative estimate of drug-likeness (QED) is 0.714. The SMILES string of the molecule is CCCc1nc(C2CCC(CC)C2)nc(Cl)c1Br. The molecule has 1 heterocycles. The van der Waals surface area contributed by atoms with E-state index >= 15 is 0 Å². The molecule has 4 heteroatoms. The molecule has 0 bridgehead atoms. The van der Waals surface area contributed by atoms with Gasteiger partial charge in [-0.3, -0.25) is 0 Å². The number of aromatic nitrogens is 2. The molecule has 1 saturated carbocycles. The summed E-state index contributed by atoms with van der Waals surface area (Å²) in [5.74, 6) is 2.31. The van der Waals surface area contributed by atoms with Crippen LogP contribution in [-0.4, -0.2) is 9.97 Å². The van der Waals surface area contributed by atoms with E-state index in [1.807, 2.05) is 0 Å². The van der Waals surface area contributed by atoms with Crippen molar-refractivity contribution in [3.63, 3.8) is 0 Å². The van der Waals surface area contributed by atoms with Gasteiger partial charge in [-0.15, -0.1) is 0 Å². The van der Waals surface area contributed by atoms with Gasteiger partial charge in [0.1, 0.15) is 11.0 Å². The highest BCUT2D eigenvalue weighted by atomic mass is 79.9. The Bertz CT molecular complexity index is 423. The summed E-state index contributed by atoms with van der Waals surface area (Å²) >= 11 is 9.70. The zero-order valence-electron chi connectivity index (χ0n) is 11.0. The second-order valence-electron chi connectivity index (χ2n) is 5.17. The molecule has 1 aromatic rings. The van der Waals surface area contributed by atoms with Gasteiger partial charge in [0.25, 0.3) is 0 Å². The minimum atomic E-state index is 0.510. The average Bonchev–Trinajstić information content (AvgIpc) is 2.83. The molecule has 100 valence electrons. The van der Waals surface area contributed by atoms with Crippen LogP contribution < -0.4 is 0 Å². The van der Waals surface area contributed by atoms with Crippen LogP contribution in [0.5, 0.6) is 0 Å². The molecular weight excluding hydrogens is 312 g/mol. The molecule has 2 atom stereocenters. The Labute approximate surface area is 123 Å². The predicted molar refractivity (Wildman–Crippen MR) is 79.1 cm³/mol. The summed E-state index contributed by atoms with van der Waals surface area (Å²) in [7, 11) is 0. The first-order chi connectivity index (χ1) is 8.65. The van der Waals surface area contributed by atoms with Crippen molar-refractivity contribution in [1.82, 2.24) is 9.97 Å². The van der Waals surface area contributed by atoms with Gasteiger partial charge in [0, 0.05) is 5.92 Å². The van der Waals surface area contributed by atoms with Gasteiger partial charge < -0.3 is 0 Å². The summed E-state index contributed by atoms with van der Waals surface area (Å²) in [5.41, 5.74) is 1.06. The van der Waals surface area contributed by atoms with E-state index in [1.54, 1.807) is 0 Å². The minimum absolute atomic E-state index is 0.510. The van der Waals surface area contributed by atoms with E-state index in [0.29, 0.717) is 11.1 Å². The molecule has 18 heavy (non-hydrogen) atoms. The van der Waals surface area contributed by atoms with Crippen LogP contribution in [0.25, 0.3) is 0 Å². The highest BCUT2D eigenvalue weighted by molar-refractivity contribution is 9.10. The third-order valence-electron chi connectivity index (χ3n) is 3.87. The molecule has 1 fully saturated rings. The zero-order chi connectivity index (χ0) is 13.1. The fourth-order valence-corrected chi connectivity index (χ4v) is 3.32. The average molecular weight is 332 g/mol. The molecule has 1 aliphatic carbocycles. The molecule has 1 aliphatic rings. The van der Waals surface area contributed by atoms with Crippen LogP contribution in [-0.2, 0) is 6.42 Å². The van der Waals surface area contributed by atoms with Gasteiger partial charge in [-0.1, -0.05) is 38.3 Å². The summed E-state index contributed by atoms with van der Waals surface area (Å²) in [6, 6.07) is 0. The summed E-state index contributed by atoms with van der Waals surface area (Å²) in [5, 5.41) is 0.573. The van der Waals surface area contributed by atoms with Crippen molar-refractivity contribution in [2.24, 2.45) is 5.92 Å². The van der Waals surface area contributed by atoms with Crippen LogP contribution in [0.15, 0.2) is 4.47 Å². The lowest BCUT2D eigenvalue weighted by molar-refractivity contribution is 0.516. The topological polar surface area (TPSA) is 25.8 Å². The summed E-state index contributed by atoms with van der Waals surface area (Å²) in [4.78, 5) is 9.20. The number of aryl methyl sites for hydroxylation is 1. The van der Waals surface area contributed by atoms with Gasteiger partial charge in [0.05, 0.1) is 10.2 Å². The smallest absolute Gasteiger partial charge is 0.147 e. The van der Waals surface area contributed by atoms with E-state index in [0.717, 1.165) is 34.8 Å². The Morgan fingerprint density at radius 3 is 2.67 bits per heavy atom. The van der Waals surface area contributed by atoms with Crippen molar-refractivity contribution in [2.75, 3.05) is 0 Å². The molecule has 0 aliphatic heterocycles. The van der Waals surface area contributed by atoms with Gasteiger partial charge in [0.15, 0.2) is 0 Å². The lowest BCUT2D eigenvalue weighted by atomic mass is 10.0. The lowest BCUT2D eigenvalue weighted by Crippen LogP contribution is -2.06. The van der Waals surface area contributed by atoms with E-state index < -0.39 is 0 Å². The molecule has 0 radical (unpaired) electrons. The van der Waals surface area contributed by atoms with Crippen molar-refractivity contribution in [2.45, 2.75) is 58.3 Å². The van der Waals surface area contributed by atoms with Crippen molar-refractivity contribution >= 4 is 27.5 Å². The molecule has 2 nitrogen and oxygen atoms in total. The molecule has 0 saturated heterocycles. The molecule has 0 N–H and O–H groups in total. The normalized spacial score (nSPS) is 23.6. The fraction of sp³-hybridized carbons (Fsp3) is 0.714. The fourth-order valence-electron chi connectivity index (χ4n) is 2.75. The van der Waals surface area contributed by atoms with Crippen LogP contribution in [0.1, 0.15) is 63.4 Å². The number of halogens is 2. The summed E-state index contributed by atoms with van der Waals surface area (Å²) in [6.07, 6.45) is 7.04. The van der Waals surface area contributed by atoms with E-state index in [1.165, 1.54) is 25.7 Å². The van der Waals surface area contributed by atoms with E-state index in [-0.39, 0.29) is 0 Å². The maximum atomic E-state index is 6.21. The molecule has 1 aromatic heterocycles. The Morgan fingerprint density at radius 1 is 1.28 bits per heavy atom. The Hall–Kier alpha value is -0.150. The maximum Gasteiger partial charge on any atom is 0.147 e. The van der Waals surface area contributed by atoms with E-state index in [4.69, 9.17) is 16.6 Å². The van der Waals surface area contributed by atoms with Crippen molar-refractivity contribution in [3.8, 4) is 0 Å². The first-order valence-electron chi connectivity index (χ1n) is 6.87. The standard InChI is InChI=1S/C14H20BrClN2/c1-3-5-11-12(15)13(16)18-14(17-11)10-7-6-9(4-2)8-10/h9-10H,3-8H2,1-2H3. The molecule has 0 amide bonds. The number of nitrogens with zero attached hydrogens (tertiary/aromatic N) is 2. The molecule has 2 rings (SSSR count). The third-order valence-corrected chi connectivity index (χ3v) is 5.20.